The minimum absolute atomic E-state index is 0.0739. The van der Waals surface area contributed by atoms with Gasteiger partial charge in [-0.1, -0.05) is 0 Å². The van der Waals surface area contributed by atoms with Crippen molar-refractivity contribution in [1.82, 2.24) is 14.3 Å². The van der Waals surface area contributed by atoms with Crippen LogP contribution in [-0.4, -0.2) is 33.5 Å². The Hall–Kier alpha value is -4.00. The van der Waals surface area contributed by atoms with Crippen molar-refractivity contribution in [3.63, 3.8) is 0 Å². The number of hydrogen-bond acceptors (Lipinski definition) is 8. The van der Waals surface area contributed by atoms with Crippen molar-refractivity contribution >= 4 is 32.9 Å². The zero-order valence-electron chi connectivity index (χ0n) is 16.6. The third kappa shape index (κ3) is 4.45. The summed E-state index contributed by atoms with van der Waals surface area (Å²) in [6.45, 7) is 1.59. The van der Waals surface area contributed by atoms with Crippen molar-refractivity contribution in [1.29, 1.82) is 5.41 Å². The van der Waals surface area contributed by atoms with Crippen LogP contribution in [0.25, 0.3) is 0 Å². The smallest absolute Gasteiger partial charge is 0.270 e. The molecule has 1 aromatic heterocycles. The first-order chi connectivity index (χ1) is 14.5. The number of nitrogen functional groups attached to an aromatic ring is 1. The monoisotopic (exact) mass is 445 g/mol. The minimum atomic E-state index is -4.19. The summed E-state index contributed by atoms with van der Waals surface area (Å²) in [6, 6.07) is 8.79. The van der Waals surface area contributed by atoms with Crippen molar-refractivity contribution < 1.29 is 18.1 Å². The van der Waals surface area contributed by atoms with E-state index in [0.717, 1.165) is 18.2 Å². The number of nitrogens with two attached hydrogens (primary N) is 1. The lowest BCUT2D eigenvalue weighted by Crippen LogP contribution is -2.26. The van der Waals surface area contributed by atoms with Gasteiger partial charge in [-0.2, -0.15) is 5.10 Å². The summed E-state index contributed by atoms with van der Waals surface area (Å²) in [5.41, 5.74) is 5.67. The highest BCUT2D eigenvalue weighted by molar-refractivity contribution is 7.92. The van der Waals surface area contributed by atoms with E-state index in [4.69, 9.17) is 11.1 Å². The molecule has 0 fully saturated rings. The number of nitro benzene ring substituents is 1. The fourth-order valence-electron chi connectivity index (χ4n) is 2.87. The van der Waals surface area contributed by atoms with Gasteiger partial charge in [-0.25, -0.2) is 13.1 Å². The Morgan fingerprint density at radius 2 is 1.90 bits per heavy atom. The van der Waals surface area contributed by atoms with Crippen molar-refractivity contribution in [2.75, 3.05) is 10.5 Å². The van der Waals surface area contributed by atoms with Crippen LogP contribution >= 0.6 is 0 Å². The Balaban J connectivity index is 1.80. The summed E-state index contributed by atoms with van der Waals surface area (Å²) < 4.78 is 30.3. The molecule has 4 N–H and O–H groups in total. The highest BCUT2D eigenvalue weighted by atomic mass is 32.2. The van der Waals surface area contributed by atoms with Crippen LogP contribution in [0.5, 0.6) is 0 Å². The van der Waals surface area contributed by atoms with E-state index in [1.165, 1.54) is 33.5 Å². The third-order valence-corrected chi connectivity index (χ3v) is 5.94. The molecule has 0 saturated heterocycles. The van der Waals surface area contributed by atoms with Gasteiger partial charge in [-0.3, -0.25) is 29.6 Å². The largest absolute Gasteiger partial charge is 0.398 e. The van der Waals surface area contributed by atoms with Crippen LogP contribution in [0.3, 0.4) is 0 Å². The van der Waals surface area contributed by atoms with Gasteiger partial charge in [0.2, 0.25) is 5.62 Å². The Bertz CT molecular complexity index is 1340. The molecule has 12 nitrogen and oxygen atoms in total. The zero-order chi connectivity index (χ0) is 22.9. The van der Waals surface area contributed by atoms with E-state index in [2.05, 4.69) is 9.82 Å². The predicted octanol–water partition coefficient (Wildman–Crippen LogP) is 1.18. The number of non-ortho nitro benzene ring substituents is 1. The number of sulfonamides is 1. The molecule has 13 heteroatoms. The molecule has 0 aliphatic heterocycles. The molecule has 0 saturated carbocycles. The second-order valence-corrected chi connectivity index (χ2v) is 8.32. The molecule has 2 aromatic carbocycles. The SMILES string of the molecule is Cc1nn(C)c(=N)n1CC(=O)c1ccc(NS(=O)(=O)c2cc([N+](=O)[O-])ccc2N)cc1. The number of nitrogens with zero attached hydrogens (tertiary/aromatic N) is 4. The molecule has 1 heterocycles. The fraction of sp³-hybridized carbons (Fsp3) is 0.167. The number of ketones is 1. The standard InChI is InChI=1S/C18H19N7O5S/c1-11-21-23(2)18(20)24(11)10-16(26)12-3-5-13(6-4-12)22-31(29,30)17-9-14(25(27)28)7-8-15(17)19/h3-9,20,22H,10,19H2,1-2H3. The van der Waals surface area contributed by atoms with Gasteiger partial charge in [0.15, 0.2) is 5.78 Å². The minimum Gasteiger partial charge on any atom is -0.398 e. The van der Waals surface area contributed by atoms with E-state index < -0.39 is 25.5 Å². The number of nitrogens with one attached hydrogen (secondary N) is 2. The van der Waals surface area contributed by atoms with Gasteiger partial charge in [-0.15, -0.1) is 0 Å². The number of carbonyl (C=O) groups is 1. The lowest BCUT2D eigenvalue weighted by Gasteiger charge is -2.11. The average molecular weight is 445 g/mol. The molecule has 0 aliphatic rings. The van der Waals surface area contributed by atoms with Crippen molar-refractivity contribution in [2.24, 2.45) is 7.05 Å². The highest BCUT2D eigenvalue weighted by Crippen LogP contribution is 2.26. The number of hydrogen-bond donors (Lipinski definition) is 3. The Morgan fingerprint density at radius 1 is 1.26 bits per heavy atom. The first kappa shape index (κ1) is 21.7. The topological polar surface area (TPSA) is 179 Å². The molecule has 3 aromatic rings. The molecule has 0 amide bonds. The number of aromatic nitrogens is 3. The second kappa shape index (κ2) is 8.02. The fourth-order valence-corrected chi connectivity index (χ4v) is 4.08. The van der Waals surface area contributed by atoms with Crippen molar-refractivity contribution in [2.45, 2.75) is 18.4 Å². The predicted molar refractivity (Wildman–Crippen MR) is 111 cm³/mol. The van der Waals surface area contributed by atoms with Gasteiger partial charge < -0.3 is 5.73 Å². The maximum Gasteiger partial charge on any atom is 0.270 e. The Kier molecular flexibility index (Phi) is 5.62. The number of carbonyl (C=O) groups excluding carboxylic acids is 1. The molecule has 0 atom stereocenters. The van der Waals surface area contributed by atoms with Gasteiger partial charge in [0, 0.05) is 30.4 Å². The van der Waals surface area contributed by atoms with E-state index in [-0.39, 0.29) is 29.3 Å². The molecule has 0 radical (unpaired) electrons. The summed E-state index contributed by atoms with van der Waals surface area (Å²) in [6.07, 6.45) is 0. The van der Waals surface area contributed by atoms with E-state index in [9.17, 15) is 23.3 Å². The summed E-state index contributed by atoms with van der Waals surface area (Å²) in [7, 11) is -2.59. The average Bonchev–Trinajstić information content (AvgIpc) is 2.94. The summed E-state index contributed by atoms with van der Waals surface area (Å²) in [5, 5.41) is 22.9. The number of anilines is 2. The number of aryl methyl sites for hydroxylation is 2. The molecule has 0 bridgehead atoms. The van der Waals surface area contributed by atoms with Crippen LogP contribution in [0.1, 0.15) is 16.2 Å². The lowest BCUT2D eigenvalue weighted by atomic mass is 10.1. The van der Waals surface area contributed by atoms with Crippen LogP contribution < -0.4 is 16.1 Å². The molecule has 31 heavy (non-hydrogen) atoms. The van der Waals surface area contributed by atoms with Gasteiger partial charge in [0.25, 0.3) is 15.7 Å². The molecular weight excluding hydrogens is 426 g/mol. The molecular formula is C18H19N7O5S. The Morgan fingerprint density at radius 3 is 2.45 bits per heavy atom. The number of Topliss-reactive ketones (excluding diaryl/α,β-unsaturated/α-hetero) is 1. The summed E-state index contributed by atoms with van der Waals surface area (Å²) in [5.74, 6) is 0.228. The summed E-state index contributed by atoms with van der Waals surface area (Å²) in [4.78, 5) is 22.3. The molecule has 162 valence electrons. The first-order valence-electron chi connectivity index (χ1n) is 8.84. The normalized spacial score (nSPS) is 11.3. The van der Waals surface area contributed by atoms with Gasteiger partial charge >= 0.3 is 0 Å². The number of benzene rings is 2. The Labute approximate surface area is 176 Å². The molecule has 0 spiro atoms. The van der Waals surface area contributed by atoms with Crippen molar-refractivity contribution in [3.8, 4) is 0 Å². The van der Waals surface area contributed by atoms with E-state index in [1.807, 2.05) is 0 Å². The van der Waals surface area contributed by atoms with Crippen molar-refractivity contribution in [3.05, 3.63) is 69.6 Å². The van der Waals surface area contributed by atoms with Crippen LogP contribution in [0.15, 0.2) is 47.4 Å². The van der Waals surface area contributed by atoms with Gasteiger partial charge in [-0.05, 0) is 37.3 Å². The van der Waals surface area contributed by atoms with Gasteiger partial charge in [0.1, 0.15) is 10.7 Å². The highest BCUT2D eigenvalue weighted by Gasteiger charge is 2.21. The lowest BCUT2D eigenvalue weighted by molar-refractivity contribution is -0.385. The third-order valence-electron chi connectivity index (χ3n) is 4.51. The number of rotatable bonds is 7. The zero-order valence-corrected chi connectivity index (χ0v) is 17.4. The van der Waals surface area contributed by atoms with E-state index >= 15 is 0 Å². The maximum absolute atomic E-state index is 12.6. The van der Waals surface area contributed by atoms with Crippen LogP contribution in [-0.2, 0) is 23.6 Å². The molecule has 0 unspecified atom stereocenters. The van der Waals surface area contributed by atoms with Crippen LogP contribution in [0.4, 0.5) is 17.1 Å². The number of nitro groups is 1. The maximum atomic E-state index is 12.6. The summed E-state index contributed by atoms with van der Waals surface area (Å²) >= 11 is 0. The molecule has 3 rings (SSSR count). The first-order valence-corrected chi connectivity index (χ1v) is 10.3. The second-order valence-electron chi connectivity index (χ2n) is 6.67. The van der Waals surface area contributed by atoms with Crippen LogP contribution in [0.2, 0.25) is 0 Å². The molecule has 0 aliphatic carbocycles. The quantitative estimate of drug-likeness (QED) is 0.211. The van der Waals surface area contributed by atoms with Gasteiger partial charge in [0.05, 0.1) is 17.2 Å². The van der Waals surface area contributed by atoms with E-state index in [0.29, 0.717) is 11.4 Å². The van der Waals surface area contributed by atoms with E-state index in [1.54, 1.807) is 14.0 Å². The van der Waals surface area contributed by atoms with Crippen LogP contribution in [0, 0.1) is 22.4 Å².